The highest BCUT2D eigenvalue weighted by Gasteiger charge is 2.14. The third-order valence-corrected chi connectivity index (χ3v) is 3.05. The molecule has 1 aliphatic rings. The summed E-state index contributed by atoms with van der Waals surface area (Å²) in [4.78, 5) is 25.3. The number of anilines is 1. The summed E-state index contributed by atoms with van der Waals surface area (Å²) in [5.74, 6) is -0.921. The molecule has 6 nitrogen and oxygen atoms in total. The molecule has 1 aliphatic heterocycles. The zero-order valence-corrected chi connectivity index (χ0v) is 11.6. The first kappa shape index (κ1) is 15.4. The maximum atomic E-state index is 12.7. The second-order valence-corrected chi connectivity index (χ2v) is 4.72. The van der Waals surface area contributed by atoms with E-state index in [2.05, 4.69) is 10.6 Å². The molecule has 2 rings (SSSR count). The van der Waals surface area contributed by atoms with Gasteiger partial charge in [0.05, 0.1) is 26.3 Å². The van der Waals surface area contributed by atoms with Crippen LogP contribution in [0.2, 0.25) is 0 Å². The van der Waals surface area contributed by atoms with E-state index in [1.165, 1.54) is 24.3 Å². The number of halogens is 1. The highest BCUT2D eigenvalue weighted by molar-refractivity contribution is 5.94. The van der Waals surface area contributed by atoms with E-state index in [-0.39, 0.29) is 30.7 Å². The van der Waals surface area contributed by atoms with E-state index in [4.69, 9.17) is 4.74 Å². The number of nitrogens with zero attached hydrogens (tertiary/aromatic N) is 1. The molecule has 114 valence electrons. The summed E-state index contributed by atoms with van der Waals surface area (Å²) in [6.45, 7) is 2.83. The van der Waals surface area contributed by atoms with Crippen molar-refractivity contribution in [2.75, 3.05) is 44.7 Å². The monoisotopic (exact) mass is 295 g/mol. The van der Waals surface area contributed by atoms with Gasteiger partial charge in [-0.05, 0) is 24.3 Å². The van der Waals surface area contributed by atoms with E-state index in [1.807, 2.05) is 4.90 Å². The SMILES string of the molecule is O=C(CN1CCOCC1)NCC(=O)Nc1ccc(F)cc1. The first-order valence-electron chi connectivity index (χ1n) is 6.76. The zero-order chi connectivity index (χ0) is 15.1. The summed E-state index contributed by atoms with van der Waals surface area (Å²) in [5.41, 5.74) is 0.490. The van der Waals surface area contributed by atoms with E-state index in [0.717, 1.165) is 13.1 Å². The number of morpholine rings is 1. The minimum absolute atomic E-state index is 0.111. The van der Waals surface area contributed by atoms with Gasteiger partial charge in [0, 0.05) is 18.8 Å². The van der Waals surface area contributed by atoms with E-state index < -0.39 is 0 Å². The Kier molecular flexibility index (Phi) is 5.65. The Bertz CT molecular complexity index is 487. The highest BCUT2D eigenvalue weighted by atomic mass is 19.1. The Balaban J connectivity index is 1.68. The minimum Gasteiger partial charge on any atom is -0.379 e. The topological polar surface area (TPSA) is 70.7 Å². The number of benzene rings is 1. The van der Waals surface area contributed by atoms with Crippen molar-refractivity contribution in [3.8, 4) is 0 Å². The number of hydrogen-bond acceptors (Lipinski definition) is 4. The van der Waals surface area contributed by atoms with Crippen LogP contribution in [0.25, 0.3) is 0 Å². The summed E-state index contributed by atoms with van der Waals surface area (Å²) in [6, 6.07) is 5.44. The first-order chi connectivity index (χ1) is 10.1. The summed E-state index contributed by atoms with van der Waals surface area (Å²) in [7, 11) is 0. The maximum absolute atomic E-state index is 12.7. The van der Waals surface area contributed by atoms with Gasteiger partial charge in [0.2, 0.25) is 11.8 Å². The molecule has 0 spiro atoms. The van der Waals surface area contributed by atoms with Gasteiger partial charge in [-0.3, -0.25) is 14.5 Å². The number of rotatable bonds is 5. The van der Waals surface area contributed by atoms with Crippen molar-refractivity contribution < 1.29 is 18.7 Å². The number of amides is 2. The van der Waals surface area contributed by atoms with Crippen molar-refractivity contribution in [2.45, 2.75) is 0 Å². The number of carbonyl (C=O) groups excluding carboxylic acids is 2. The molecule has 0 radical (unpaired) electrons. The second kappa shape index (κ2) is 7.70. The summed E-state index contributed by atoms with van der Waals surface area (Å²) < 4.78 is 17.9. The molecule has 0 aromatic heterocycles. The average molecular weight is 295 g/mol. The van der Waals surface area contributed by atoms with E-state index in [9.17, 15) is 14.0 Å². The maximum Gasteiger partial charge on any atom is 0.243 e. The predicted molar refractivity (Wildman–Crippen MR) is 75.3 cm³/mol. The van der Waals surface area contributed by atoms with Crippen LogP contribution in [0.5, 0.6) is 0 Å². The third-order valence-electron chi connectivity index (χ3n) is 3.05. The van der Waals surface area contributed by atoms with E-state index >= 15 is 0 Å². The second-order valence-electron chi connectivity index (χ2n) is 4.72. The van der Waals surface area contributed by atoms with Crippen LogP contribution in [0.1, 0.15) is 0 Å². The van der Waals surface area contributed by atoms with Crippen LogP contribution in [0.15, 0.2) is 24.3 Å². The molecule has 0 bridgehead atoms. The van der Waals surface area contributed by atoms with Crippen LogP contribution in [0.3, 0.4) is 0 Å². The highest BCUT2D eigenvalue weighted by Crippen LogP contribution is 2.07. The quantitative estimate of drug-likeness (QED) is 0.815. The van der Waals surface area contributed by atoms with Crippen molar-refractivity contribution in [2.24, 2.45) is 0 Å². The van der Waals surface area contributed by atoms with Gasteiger partial charge in [-0.25, -0.2) is 4.39 Å². The molecular formula is C14H18FN3O3. The molecule has 2 N–H and O–H groups in total. The first-order valence-corrected chi connectivity index (χ1v) is 6.76. The molecule has 1 fully saturated rings. The fraction of sp³-hybridized carbons (Fsp3) is 0.429. The van der Waals surface area contributed by atoms with Gasteiger partial charge in [0.1, 0.15) is 5.82 Å². The van der Waals surface area contributed by atoms with Crippen molar-refractivity contribution in [3.05, 3.63) is 30.1 Å². The standard InChI is InChI=1S/C14H18FN3O3/c15-11-1-3-12(4-2-11)17-13(19)9-16-14(20)10-18-5-7-21-8-6-18/h1-4H,5-10H2,(H,16,20)(H,17,19). The Morgan fingerprint density at radius 1 is 1.14 bits per heavy atom. The zero-order valence-electron chi connectivity index (χ0n) is 11.6. The molecule has 1 saturated heterocycles. The Morgan fingerprint density at radius 3 is 2.48 bits per heavy atom. The molecular weight excluding hydrogens is 277 g/mol. The lowest BCUT2D eigenvalue weighted by atomic mass is 10.3. The van der Waals surface area contributed by atoms with Crippen molar-refractivity contribution in [1.29, 1.82) is 0 Å². The van der Waals surface area contributed by atoms with E-state index in [1.54, 1.807) is 0 Å². The third kappa shape index (κ3) is 5.49. The Morgan fingerprint density at radius 2 is 1.81 bits per heavy atom. The predicted octanol–water partition coefficient (Wildman–Crippen LogP) is 0.213. The molecule has 7 heteroatoms. The fourth-order valence-corrected chi connectivity index (χ4v) is 1.94. The number of nitrogens with one attached hydrogen (secondary N) is 2. The molecule has 1 aromatic carbocycles. The van der Waals surface area contributed by atoms with Gasteiger partial charge in [-0.2, -0.15) is 0 Å². The van der Waals surface area contributed by atoms with Crippen molar-refractivity contribution in [3.63, 3.8) is 0 Å². The van der Waals surface area contributed by atoms with Gasteiger partial charge in [-0.15, -0.1) is 0 Å². The fourth-order valence-electron chi connectivity index (χ4n) is 1.94. The lowest BCUT2D eigenvalue weighted by Crippen LogP contribution is -2.44. The molecule has 1 heterocycles. The molecule has 0 unspecified atom stereocenters. The molecule has 21 heavy (non-hydrogen) atoms. The summed E-state index contributed by atoms with van der Waals surface area (Å²) >= 11 is 0. The molecule has 2 amide bonds. The van der Waals surface area contributed by atoms with Crippen LogP contribution < -0.4 is 10.6 Å². The van der Waals surface area contributed by atoms with Gasteiger partial charge in [0.15, 0.2) is 0 Å². The van der Waals surface area contributed by atoms with Crippen molar-refractivity contribution >= 4 is 17.5 Å². The van der Waals surface area contributed by atoms with Gasteiger partial charge >= 0.3 is 0 Å². The van der Waals surface area contributed by atoms with Gasteiger partial charge in [0.25, 0.3) is 0 Å². The normalized spacial score (nSPS) is 15.5. The lowest BCUT2D eigenvalue weighted by molar-refractivity contribution is -0.125. The van der Waals surface area contributed by atoms with E-state index in [0.29, 0.717) is 18.9 Å². The van der Waals surface area contributed by atoms with Gasteiger partial charge < -0.3 is 15.4 Å². The molecule has 0 atom stereocenters. The average Bonchev–Trinajstić information content (AvgIpc) is 2.49. The van der Waals surface area contributed by atoms with Crippen LogP contribution in [0, 0.1) is 5.82 Å². The molecule has 0 aliphatic carbocycles. The Labute approximate surface area is 122 Å². The van der Waals surface area contributed by atoms with Crippen LogP contribution in [-0.2, 0) is 14.3 Å². The smallest absolute Gasteiger partial charge is 0.243 e. The Hall–Kier alpha value is -1.99. The minimum atomic E-state index is -0.369. The summed E-state index contributed by atoms with van der Waals surface area (Å²) in [5, 5.41) is 5.13. The number of ether oxygens (including phenoxy) is 1. The largest absolute Gasteiger partial charge is 0.379 e. The van der Waals surface area contributed by atoms with Crippen LogP contribution >= 0.6 is 0 Å². The number of hydrogen-bond donors (Lipinski definition) is 2. The lowest BCUT2D eigenvalue weighted by Gasteiger charge is -2.25. The van der Waals surface area contributed by atoms with Crippen LogP contribution in [0.4, 0.5) is 10.1 Å². The number of carbonyl (C=O) groups is 2. The molecule has 0 saturated carbocycles. The van der Waals surface area contributed by atoms with Crippen molar-refractivity contribution in [1.82, 2.24) is 10.2 Å². The summed E-state index contributed by atoms with van der Waals surface area (Å²) in [6.07, 6.45) is 0. The molecule has 1 aromatic rings. The van der Waals surface area contributed by atoms with Crippen LogP contribution in [-0.4, -0.2) is 56.1 Å². The van der Waals surface area contributed by atoms with Gasteiger partial charge in [-0.1, -0.05) is 0 Å².